The third-order valence-electron chi connectivity index (χ3n) is 5.22. The topological polar surface area (TPSA) is 52.9 Å². The number of hydrogen-bond acceptors (Lipinski definition) is 3. The number of amides is 2. The smallest absolute Gasteiger partial charge is 0.317 e. The van der Waals surface area contributed by atoms with E-state index in [0.29, 0.717) is 6.54 Å². The predicted octanol–water partition coefficient (Wildman–Crippen LogP) is 2.71. The molecule has 1 fully saturated rings. The summed E-state index contributed by atoms with van der Waals surface area (Å²) in [6.07, 6.45) is 4.74. The zero-order valence-electron chi connectivity index (χ0n) is 16.3. The van der Waals surface area contributed by atoms with Gasteiger partial charge in [0.25, 0.3) is 0 Å². The summed E-state index contributed by atoms with van der Waals surface area (Å²) >= 11 is 0. The molecule has 3 aromatic rings. The van der Waals surface area contributed by atoms with Crippen LogP contribution in [0, 0.1) is 6.92 Å². The lowest BCUT2D eigenvalue weighted by Crippen LogP contribution is -2.51. The van der Waals surface area contributed by atoms with E-state index in [1.807, 2.05) is 39.9 Å². The summed E-state index contributed by atoms with van der Waals surface area (Å²) in [5, 5.41) is 3.04. The van der Waals surface area contributed by atoms with Crippen molar-refractivity contribution in [3.05, 3.63) is 71.7 Å². The van der Waals surface area contributed by atoms with Gasteiger partial charge < -0.3 is 14.6 Å². The van der Waals surface area contributed by atoms with E-state index in [4.69, 9.17) is 0 Å². The molecule has 0 unspecified atom stereocenters. The van der Waals surface area contributed by atoms with Crippen molar-refractivity contribution in [3.8, 4) is 0 Å². The Bertz CT molecular complexity index is 910. The van der Waals surface area contributed by atoms with Crippen LogP contribution < -0.4 is 5.32 Å². The minimum absolute atomic E-state index is 0.0268. The van der Waals surface area contributed by atoms with Gasteiger partial charge >= 0.3 is 6.03 Å². The number of benzene rings is 1. The lowest BCUT2D eigenvalue weighted by atomic mass is 10.1. The summed E-state index contributed by atoms with van der Waals surface area (Å²) in [4.78, 5) is 21.3. The largest absolute Gasteiger partial charge is 0.338 e. The summed E-state index contributed by atoms with van der Waals surface area (Å²) in [5.74, 6) is 0. The van der Waals surface area contributed by atoms with Gasteiger partial charge in [0.15, 0.2) is 0 Å². The van der Waals surface area contributed by atoms with Crippen LogP contribution in [0.1, 0.15) is 16.8 Å². The number of rotatable bonds is 5. The van der Waals surface area contributed by atoms with Crippen molar-refractivity contribution >= 4 is 11.7 Å². The number of piperazine rings is 1. The third kappa shape index (κ3) is 4.51. The van der Waals surface area contributed by atoms with Gasteiger partial charge in [0.1, 0.15) is 5.65 Å². The Labute approximate surface area is 165 Å². The number of aryl methyl sites for hydroxylation is 1. The monoisotopic (exact) mass is 377 g/mol. The summed E-state index contributed by atoms with van der Waals surface area (Å²) in [5.41, 5.74) is 4.56. The van der Waals surface area contributed by atoms with Crippen LogP contribution in [0.15, 0.2) is 54.9 Å². The quantitative estimate of drug-likeness (QED) is 0.744. The number of pyridine rings is 1. The van der Waals surface area contributed by atoms with Crippen molar-refractivity contribution in [2.75, 3.05) is 32.7 Å². The van der Waals surface area contributed by atoms with Crippen LogP contribution in [0.25, 0.3) is 5.65 Å². The molecule has 0 saturated carbocycles. The number of carbonyl (C=O) groups excluding carboxylic acids is 1. The van der Waals surface area contributed by atoms with E-state index in [1.54, 1.807) is 0 Å². The van der Waals surface area contributed by atoms with E-state index >= 15 is 0 Å². The minimum atomic E-state index is 0.0268. The molecule has 3 heterocycles. The van der Waals surface area contributed by atoms with Gasteiger partial charge in [-0.25, -0.2) is 9.78 Å². The second kappa shape index (κ2) is 8.44. The Kier molecular flexibility index (Phi) is 5.58. The molecule has 0 spiro atoms. The first-order valence-electron chi connectivity index (χ1n) is 9.91. The predicted molar refractivity (Wildman–Crippen MR) is 110 cm³/mol. The normalized spacial score (nSPS) is 15.1. The molecule has 4 rings (SSSR count). The number of aromatic nitrogens is 2. The highest BCUT2D eigenvalue weighted by Crippen LogP contribution is 2.10. The van der Waals surface area contributed by atoms with E-state index in [0.717, 1.165) is 50.5 Å². The molecule has 1 aliphatic heterocycles. The Balaban J connectivity index is 1.20. The maximum Gasteiger partial charge on any atom is 0.317 e. The molecule has 1 aliphatic rings. The molecule has 28 heavy (non-hydrogen) atoms. The highest BCUT2D eigenvalue weighted by molar-refractivity contribution is 5.74. The van der Waals surface area contributed by atoms with Gasteiger partial charge in [-0.15, -0.1) is 0 Å². The fourth-order valence-electron chi connectivity index (χ4n) is 3.69. The average Bonchev–Trinajstić information content (AvgIpc) is 3.11. The van der Waals surface area contributed by atoms with Crippen molar-refractivity contribution in [3.63, 3.8) is 0 Å². The molecule has 6 nitrogen and oxygen atoms in total. The van der Waals surface area contributed by atoms with Crippen molar-refractivity contribution in [2.45, 2.75) is 19.9 Å². The number of nitrogens with one attached hydrogen (secondary N) is 1. The van der Waals surface area contributed by atoms with Crippen molar-refractivity contribution in [1.82, 2.24) is 24.5 Å². The molecule has 1 saturated heterocycles. The number of imidazole rings is 1. The van der Waals surface area contributed by atoms with Crippen LogP contribution in [0.4, 0.5) is 4.79 Å². The van der Waals surface area contributed by atoms with Gasteiger partial charge in [0.05, 0.1) is 5.69 Å². The summed E-state index contributed by atoms with van der Waals surface area (Å²) in [7, 11) is 0. The van der Waals surface area contributed by atoms with Crippen LogP contribution in [-0.2, 0) is 13.0 Å². The van der Waals surface area contributed by atoms with E-state index in [1.165, 1.54) is 11.1 Å². The SMILES string of the molecule is Cc1cccc(CN2CCN(C(=O)NCCc3cn4ccccc4n3)CC2)c1. The first-order chi connectivity index (χ1) is 13.7. The number of urea groups is 1. The fourth-order valence-corrected chi connectivity index (χ4v) is 3.69. The summed E-state index contributed by atoms with van der Waals surface area (Å²) in [6.45, 7) is 7.04. The van der Waals surface area contributed by atoms with Gasteiger partial charge in [0, 0.05) is 58.1 Å². The van der Waals surface area contributed by atoms with Gasteiger partial charge in [-0.2, -0.15) is 0 Å². The zero-order valence-corrected chi connectivity index (χ0v) is 16.3. The molecule has 0 bridgehead atoms. The standard InChI is InChI=1S/C22H27N5O/c1-18-5-4-6-19(15-18)16-25-11-13-26(14-12-25)22(28)23-9-8-20-17-27-10-3-2-7-21(27)24-20/h2-7,10,15,17H,8-9,11-14,16H2,1H3,(H,23,28). The van der Waals surface area contributed by atoms with E-state index in [2.05, 4.69) is 46.4 Å². The van der Waals surface area contributed by atoms with Gasteiger partial charge in [-0.3, -0.25) is 4.90 Å². The maximum atomic E-state index is 12.4. The molecule has 146 valence electrons. The summed E-state index contributed by atoms with van der Waals surface area (Å²) in [6, 6.07) is 14.6. The number of nitrogens with zero attached hydrogens (tertiary/aromatic N) is 4. The number of carbonyl (C=O) groups is 1. The van der Waals surface area contributed by atoms with Gasteiger partial charge in [-0.1, -0.05) is 35.9 Å². The Morgan fingerprint density at radius 1 is 1.11 bits per heavy atom. The number of hydrogen-bond donors (Lipinski definition) is 1. The molecule has 0 aliphatic carbocycles. The van der Waals surface area contributed by atoms with Crippen molar-refractivity contribution in [1.29, 1.82) is 0 Å². The maximum absolute atomic E-state index is 12.4. The molecule has 0 atom stereocenters. The molecule has 2 amide bonds. The van der Waals surface area contributed by atoms with E-state index in [9.17, 15) is 4.79 Å². The zero-order chi connectivity index (χ0) is 19.3. The van der Waals surface area contributed by atoms with Crippen LogP contribution in [0.3, 0.4) is 0 Å². The molecule has 1 N–H and O–H groups in total. The average molecular weight is 377 g/mol. The Morgan fingerprint density at radius 3 is 2.75 bits per heavy atom. The van der Waals surface area contributed by atoms with Gasteiger partial charge in [-0.05, 0) is 24.6 Å². The lowest BCUT2D eigenvalue weighted by Gasteiger charge is -2.34. The van der Waals surface area contributed by atoms with Crippen LogP contribution >= 0.6 is 0 Å². The van der Waals surface area contributed by atoms with Crippen LogP contribution in [0.5, 0.6) is 0 Å². The number of fused-ring (bicyclic) bond motifs is 1. The fraction of sp³-hybridized carbons (Fsp3) is 0.364. The highest BCUT2D eigenvalue weighted by atomic mass is 16.2. The molecular formula is C22H27N5O. The van der Waals surface area contributed by atoms with Crippen LogP contribution in [-0.4, -0.2) is 57.9 Å². The van der Waals surface area contributed by atoms with Crippen molar-refractivity contribution < 1.29 is 4.79 Å². The summed E-state index contributed by atoms with van der Waals surface area (Å²) < 4.78 is 2.00. The molecule has 6 heteroatoms. The second-order valence-electron chi connectivity index (χ2n) is 7.43. The second-order valence-corrected chi connectivity index (χ2v) is 7.43. The third-order valence-corrected chi connectivity index (χ3v) is 5.22. The first kappa shape index (κ1) is 18.5. The molecular weight excluding hydrogens is 350 g/mol. The molecule has 2 aromatic heterocycles. The first-order valence-corrected chi connectivity index (χ1v) is 9.91. The van der Waals surface area contributed by atoms with Crippen molar-refractivity contribution in [2.24, 2.45) is 0 Å². The molecule has 1 aromatic carbocycles. The highest BCUT2D eigenvalue weighted by Gasteiger charge is 2.20. The van der Waals surface area contributed by atoms with E-state index in [-0.39, 0.29) is 6.03 Å². The Morgan fingerprint density at radius 2 is 1.96 bits per heavy atom. The lowest BCUT2D eigenvalue weighted by molar-refractivity contribution is 0.135. The van der Waals surface area contributed by atoms with Crippen LogP contribution in [0.2, 0.25) is 0 Å². The molecule has 0 radical (unpaired) electrons. The Hall–Kier alpha value is -2.86. The van der Waals surface area contributed by atoms with E-state index < -0.39 is 0 Å². The van der Waals surface area contributed by atoms with Gasteiger partial charge in [0.2, 0.25) is 0 Å². The minimum Gasteiger partial charge on any atom is -0.338 e.